The monoisotopic (exact) mass is 742 g/mol. The molecule has 0 radical (unpaired) electrons. The van der Waals surface area contributed by atoms with Crippen molar-refractivity contribution >= 4 is 17.6 Å². The van der Waals surface area contributed by atoms with E-state index in [1.165, 1.54) is 12.4 Å². The zero-order valence-corrected chi connectivity index (χ0v) is 30.2. The van der Waals surface area contributed by atoms with Gasteiger partial charge in [-0.05, 0) is 102 Å². The van der Waals surface area contributed by atoms with E-state index in [0.717, 1.165) is 71.6 Å². The van der Waals surface area contributed by atoms with Gasteiger partial charge in [0.2, 0.25) is 5.95 Å². The molecule has 0 saturated carbocycles. The van der Waals surface area contributed by atoms with Crippen molar-refractivity contribution in [3.63, 3.8) is 0 Å². The first-order valence-corrected chi connectivity index (χ1v) is 17.7. The summed E-state index contributed by atoms with van der Waals surface area (Å²) in [6, 6.07) is 14.0. The molecule has 0 aliphatic carbocycles. The predicted octanol–water partition coefficient (Wildman–Crippen LogP) is 10.3. The van der Waals surface area contributed by atoms with Crippen LogP contribution in [0.5, 0.6) is 5.75 Å². The van der Waals surface area contributed by atoms with E-state index >= 15 is 0 Å². The number of piperidine rings is 1. The Hall–Kier alpha value is -4.81. The number of aryl methyl sites for hydroxylation is 1. The van der Waals surface area contributed by atoms with Crippen molar-refractivity contribution in [2.45, 2.75) is 84.7 Å². The summed E-state index contributed by atoms with van der Waals surface area (Å²) in [7, 11) is 0. The number of benzene rings is 3. The topological polar surface area (TPSA) is 78.8 Å². The minimum atomic E-state index is -5.01. The SMILES string of the molecule is Cc1ccc(C(C)C)cc1-c1ccc(N2CCC(C)CC2)cc1CN(Cc1cc(C(F)(F)F)cc(C(F)(F)F)c1)c1ncc(OCCCC(=O)O)cn1. The number of halogens is 6. The summed E-state index contributed by atoms with van der Waals surface area (Å²) in [6.45, 7) is 9.89. The Morgan fingerprint density at radius 1 is 0.906 bits per heavy atom. The van der Waals surface area contributed by atoms with Gasteiger partial charge in [0.15, 0.2) is 5.75 Å². The lowest BCUT2D eigenvalue weighted by Crippen LogP contribution is -2.33. The van der Waals surface area contributed by atoms with Gasteiger partial charge in [-0.2, -0.15) is 26.3 Å². The van der Waals surface area contributed by atoms with Gasteiger partial charge in [0.05, 0.1) is 30.1 Å². The smallest absolute Gasteiger partial charge is 0.416 e. The van der Waals surface area contributed by atoms with E-state index in [9.17, 15) is 31.1 Å². The summed E-state index contributed by atoms with van der Waals surface area (Å²) in [5.74, 6) is 0.164. The van der Waals surface area contributed by atoms with E-state index in [0.29, 0.717) is 5.92 Å². The number of alkyl halides is 6. The van der Waals surface area contributed by atoms with Crippen LogP contribution in [0.3, 0.4) is 0 Å². The van der Waals surface area contributed by atoms with Gasteiger partial charge in [0, 0.05) is 38.3 Å². The van der Waals surface area contributed by atoms with Crippen molar-refractivity contribution in [3.05, 3.63) is 100 Å². The molecule has 5 rings (SSSR count). The molecule has 4 aromatic rings. The standard InChI is InChI=1S/C40H44F6N4O3/c1-25(2)29-8-7-27(4)36(19-29)35-10-9-33(49-13-11-26(3)12-14-49)18-30(35)24-50(38-47-21-34(22-48-38)53-15-5-6-37(51)52)23-28-16-31(39(41,42)43)20-32(17-28)40(44,45)46/h7-10,16-22,25-26H,5-6,11-15,23-24H2,1-4H3,(H,51,52). The molecule has 0 atom stereocenters. The molecule has 1 aliphatic heterocycles. The number of hydrogen-bond donors (Lipinski definition) is 1. The van der Waals surface area contributed by atoms with Crippen LogP contribution in [0.25, 0.3) is 11.1 Å². The molecule has 284 valence electrons. The number of carboxylic acids is 1. The number of ether oxygens (including phenoxy) is 1. The summed E-state index contributed by atoms with van der Waals surface area (Å²) in [6.07, 6.45) is -5.12. The highest BCUT2D eigenvalue weighted by atomic mass is 19.4. The molecule has 2 heterocycles. The number of hydrogen-bond acceptors (Lipinski definition) is 6. The fourth-order valence-corrected chi connectivity index (χ4v) is 6.42. The summed E-state index contributed by atoms with van der Waals surface area (Å²) in [5, 5.41) is 8.91. The van der Waals surface area contributed by atoms with Crippen LogP contribution in [0.1, 0.15) is 85.8 Å². The Morgan fingerprint density at radius 2 is 1.55 bits per heavy atom. The van der Waals surface area contributed by atoms with Crippen LogP contribution >= 0.6 is 0 Å². The van der Waals surface area contributed by atoms with Gasteiger partial charge in [0.25, 0.3) is 0 Å². The zero-order valence-electron chi connectivity index (χ0n) is 30.2. The zero-order chi connectivity index (χ0) is 38.5. The molecule has 7 nitrogen and oxygen atoms in total. The number of carboxylic acid groups (broad SMARTS) is 1. The Labute approximate surface area is 305 Å². The first-order chi connectivity index (χ1) is 25.0. The average Bonchev–Trinajstić information content (AvgIpc) is 3.10. The van der Waals surface area contributed by atoms with Crippen molar-refractivity contribution in [1.29, 1.82) is 0 Å². The second kappa shape index (κ2) is 16.5. The second-order valence-corrected chi connectivity index (χ2v) is 14.1. The maximum atomic E-state index is 13.9. The van der Waals surface area contributed by atoms with Crippen LogP contribution < -0.4 is 14.5 Å². The minimum absolute atomic E-state index is 0.0508. The fourth-order valence-electron chi connectivity index (χ4n) is 6.42. The van der Waals surface area contributed by atoms with E-state index in [-0.39, 0.29) is 61.8 Å². The van der Waals surface area contributed by atoms with Crippen molar-refractivity contribution < 1.29 is 41.0 Å². The first kappa shape index (κ1) is 39.4. The largest absolute Gasteiger partial charge is 0.490 e. The van der Waals surface area contributed by atoms with E-state index in [4.69, 9.17) is 9.84 Å². The second-order valence-electron chi connectivity index (χ2n) is 14.1. The molecular weight excluding hydrogens is 698 g/mol. The Morgan fingerprint density at radius 3 is 2.13 bits per heavy atom. The van der Waals surface area contributed by atoms with Crippen molar-refractivity contribution in [2.24, 2.45) is 5.92 Å². The van der Waals surface area contributed by atoms with Crippen molar-refractivity contribution in [2.75, 3.05) is 29.5 Å². The highest BCUT2D eigenvalue weighted by molar-refractivity contribution is 5.74. The van der Waals surface area contributed by atoms with Crippen LogP contribution in [-0.2, 0) is 30.2 Å². The fraction of sp³-hybridized carbons (Fsp3) is 0.425. The molecule has 0 bridgehead atoms. The van der Waals surface area contributed by atoms with E-state index < -0.39 is 29.4 Å². The molecule has 53 heavy (non-hydrogen) atoms. The molecule has 1 fully saturated rings. The molecule has 1 aliphatic rings. The first-order valence-electron chi connectivity index (χ1n) is 17.7. The van der Waals surface area contributed by atoms with Crippen LogP contribution in [0, 0.1) is 12.8 Å². The number of aliphatic carboxylic acids is 1. The van der Waals surface area contributed by atoms with Crippen molar-refractivity contribution in [3.8, 4) is 16.9 Å². The molecule has 0 amide bonds. The molecule has 1 saturated heterocycles. The number of nitrogens with zero attached hydrogens (tertiary/aromatic N) is 4. The number of rotatable bonds is 13. The maximum absolute atomic E-state index is 13.9. The number of anilines is 2. The molecular formula is C40H44F6N4O3. The Kier molecular flexibility index (Phi) is 12.2. The molecule has 1 N–H and O–H groups in total. The highest BCUT2D eigenvalue weighted by Gasteiger charge is 2.37. The molecule has 3 aromatic carbocycles. The Bertz CT molecular complexity index is 1840. The quantitative estimate of drug-likeness (QED) is 0.108. The molecule has 13 heteroatoms. The molecule has 0 spiro atoms. The van der Waals surface area contributed by atoms with Crippen LogP contribution in [0.4, 0.5) is 38.0 Å². The third-order valence-electron chi connectivity index (χ3n) is 9.54. The summed E-state index contributed by atoms with van der Waals surface area (Å²) >= 11 is 0. The number of aromatic nitrogens is 2. The summed E-state index contributed by atoms with van der Waals surface area (Å²) in [4.78, 5) is 23.6. The average molecular weight is 743 g/mol. The van der Waals surface area contributed by atoms with Gasteiger partial charge in [-0.1, -0.05) is 45.0 Å². The van der Waals surface area contributed by atoms with Crippen LogP contribution in [0.15, 0.2) is 67.0 Å². The van der Waals surface area contributed by atoms with E-state index in [2.05, 4.69) is 53.8 Å². The van der Waals surface area contributed by atoms with E-state index in [1.54, 1.807) is 4.90 Å². The van der Waals surface area contributed by atoms with Gasteiger partial charge >= 0.3 is 18.3 Å². The lowest BCUT2D eigenvalue weighted by atomic mass is 9.90. The normalized spacial score (nSPS) is 14.1. The third kappa shape index (κ3) is 10.4. The van der Waals surface area contributed by atoms with E-state index in [1.807, 2.05) is 25.1 Å². The van der Waals surface area contributed by atoms with Gasteiger partial charge < -0.3 is 19.6 Å². The molecule has 0 unspecified atom stereocenters. The number of carbonyl (C=O) groups is 1. The highest BCUT2D eigenvalue weighted by Crippen LogP contribution is 2.38. The lowest BCUT2D eigenvalue weighted by Gasteiger charge is -2.33. The van der Waals surface area contributed by atoms with Gasteiger partial charge in [-0.15, -0.1) is 0 Å². The predicted molar refractivity (Wildman–Crippen MR) is 192 cm³/mol. The third-order valence-corrected chi connectivity index (χ3v) is 9.54. The maximum Gasteiger partial charge on any atom is 0.416 e. The van der Waals surface area contributed by atoms with Gasteiger partial charge in [-0.25, -0.2) is 9.97 Å². The van der Waals surface area contributed by atoms with Gasteiger partial charge in [0.1, 0.15) is 0 Å². The van der Waals surface area contributed by atoms with Crippen LogP contribution in [-0.4, -0.2) is 40.7 Å². The van der Waals surface area contributed by atoms with Crippen LogP contribution in [0.2, 0.25) is 0 Å². The Balaban J connectivity index is 1.61. The van der Waals surface area contributed by atoms with Gasteiger partial charge in [-0.3, -0.25) is 4.79 Å². The summed E-state index contributed by atoms with van der Waals surface area (Å²) < 4.78 is 89.1. The lowest BCUT2D eigenvalue weighted by molar-refractivity contribution is -0.143. The minimum Gasteiger partial charge on any atom is -0.490 e. The summed E-state index contributed by atoms with van der Waals surface area (Å²) in [5.41, 5.74) is 2.71. The molecule has 1 aromatic heterocycles. The van der Waals surface area contributed by atoms with Crippen molar-refractivity contribution in [1.82, 2.24) is 9.97 Å².